The van der Waals surface area contributed by atoms with Gasteiger partial charge >= 0.3 is 0 Å². The minimum atomic E-state index is -0.161. The first-order valence-corrected chi connectivity index (χ1v) is 11.2. The number of hydrogen-bond donors (Lipinski definition) is 2. The van der Waals surface area contributed by atoms with Crippen LogP contribution in [0, 0.1) is 6.92 Å². The van der Waals surface area contributed by atoms with Crippen LogP contribution >= 0.6 is 0 Å². The van der Waals surface area contributed by atoms with Crippen molar-refractivity contribution in [3.05, 3.63) is 60.3 Å². The maximum Gasteiger partial charge on any atom is 0.244 e. The molecule has 3 rings (SSSR count). The van der Waals surface area contributed by atoms with E-state index >= 15 is 0 Å². The molecule has 0 bridgehead atoms. The number of nitrogens with one attached hydrogen (secondary N) is 2. The van der Waals surface area contributed by atoms with E-state index in [1.807, 2.05) is 38.1 Å². The van der Waals surface area contributed by atoms with Crippen LogP contribution in [-0.2, 0) is 22.6 Å². The number of amides is 2. The molecule has 0 atom stereocenters. The van der Waals surface area contributed by atoms with Gasteiger partial charge in [0, 0.05) is 38.6 Å². The van der Waals surface area contributed by atoms with Crippen molar-refractivity contribution in [3.63, 3.8) is 0 Å². The van der Waals surface area contributed by atoms with Crippen LogP contribution in [0.15, 0.2) is 49.1 Å². The Balaban J connectivity index is 1.37. The third kappa shape index (κ3) is 7.58. The number of carbonyl (C=O) groups excluding carboxylic acids is 2. The number of rotatable bonds is 12. The molecule has 0 saturated carbocycles. The molecule has 10 nitrogen and oxygen atoms in total. The molecule has 0 aliphatic carbocycles. The van der Waals surface area contributed by atoms with Crippen LogP contribution in [-0.4, -0.2) is 63.2 Å². The summed E-state index contributed by atoms with van der Waals surface area (Å²) < 4.78 is 7.18. The molecule has 3 aromatic rings. The second-order valence-electron chi connectivity index (χ2n) is 7.83. The Morgan fingerprint density at radius 1 is 1.15 bits per heavy atom. The summed E-state index contributed by atoms with van der Waals surface area (Å²) in [6.45, 7) is 5.37. The molecule has 2 heterocycles. The van der Waals surface area contributed by atoms with Gasteiger partial charge in [-0.15, -0.1) is 0 Å². The molecule has 34 heavy (non-hydrogen) atoms. The minimum absolute atomic E-state index is 0.0743. The van der Waals surface area contributed by atoms with E-state index in [1.54, 1.807) is 30.5 Å². The summed E-state index contributed by atoms with van der Waals surface area (Å²) in [5.41, 5.74) is 2.57. The largest absolute Gasteiger partial charge is 0.492 e. The summed E-state index contributed by atoms with van der Waals surface area (Å²) in [6.07, 6.45) is 7.44. The second-order valence-corrected chi connectivity index (χ2v) is 7.83. The van der Waals surface area contributed by atoms with Gasteiger partial charge in [0.05, 0.1) is 24.1 Å². The summed E-state index contributed by atoms with van der Waals surface area (Å²) >= 11 is 0. The molecule has 180 valence electrons. The number of likely N-dealkylation sites (N-methyl/N-ethyl adjacent to an activating group) is 1. The molecule has 2 amide bonds. The van der Waals surface area contributed by atoms with Crippen LogP contribution in [0.5, 0.6) is 5.75 Å². The number of carbonyl (C=O) groups is 2. The zero-order valence-electron chi connectivity index (χ0n) is 19.8. The lowest BCUT2D eigenvalue weighted by Gasteiger charge is -2.17. The van der Waals surface area contributed by atoms with E-state index in [2.05, 4.69) is 25.7 Å². The maximum absolute atomic E-state index is 12.5. The van der Waals surface area contributed by atoms with Gasteiger partial charge in [-0.25, -0.2) is 4.98 Å². The van der Waals surface area contributed by atoms with Gasteiger partial charge in [-0.3, -0.25) is 19.3 Å². The Hall–Kier alpha value is -3.95. The van der Waals surface area contributed by atoms with Crippen molar-refractivity contribution in [3.8, 4) is 5.75 Å². The molecular formula is C24H31N7O3. The highest BCUT2D eigenvalue weighted by atomic mass is 16.5. The summed E-state index contributed by atoms with van der Waals surface area (Å²) in [7, 11) is 1.72. The number of aryl methyl sites for hydroxylation is 2. The number of anilines is 2. The van der Waals surface area contributed by atoms with Crippen molar-refractivity contribution < 1.29 is 14.3 Å². The molecule has 0 unspecified atom stereocenters. The minimum Gasteiger partial charge on any atom is -0.492 e. The number of aromatic nitrogens is 4. The summed E-state index contributed by atoms with van der Waals surface area (Å²) in [6, 6.07) is 7.78. The van der Waals surface area contributed by atoms with Crippen LogP contribution in [0.25, 0.3) is 0 Å². The highest BCUT2D eigenvalue weighted by Gasteiger charge is 2.12. The molecule has 1 aromatic carbocycles. The molecule has 0 spiro atoms. The van der Waals surface area contributed by atoms with E-state index in [0.717, 1.165) is 17.9 Å². The summed E-state index contributed by atoms with van der Waals surface area (Å²) in [4.78, 5) is 34.8. The molecule has 0 radical (unpaired) electrons. The smallest absolute Gasteiger partial charge is 0.244 e. The average Bonchev–Trinajstić information content (AvgIpc) is 3.27. The molecule has 0 aliphatic rings. The van der Waals surface area contributed by atoms with Crippen molar-refractivity contribution in [2.45, 2.75) is 33.2 Å². The van der Waals surface area contributed by atoms with E-state index in [-0.39, 0.29) is 24.8 Å². The van der Waals surface area contributed by atoms with E-state index in [9.17, 15) is 9.59 Å². The third-order valence-electron chi connectivity index (χ3n) is 5.11. The van der Waals surface area contributed by atoms with Crippen molar-refractivity contribution in [1.29, 1.82) is 0 Å². The lowest BCUT2D eigenvalue weighted by atomic mass is 10.2. The average molecular weight is 466 g/mol. The lowest BCUT2D eigenvalue weighted by Crippen LogP contribution is -2.33. The first-order chi connectivity index (χ1) is 16.4. The predicted octanol–water partition coefficient (Wildman–Crippen LogP) is 2.52. The maximum atomic E-state index is 12.5. The Morgan fingerprint density at radius 2 is 1.91 bits per heavy atom. The van der Waals surface area contributed by atoms with Crippen LogP contribution in [0.4, 0.5) is 11.5 Å². The molecule has 2 aromatic heterocycles. The van der Waals surface area contributed by atoms with Crippen LogP contribution in [0.1, 0.15) is 24.6 Å². The van der Waals surface area contributed by atoms with Gasteiger partial charge in [0.25, 0.3) is 0 Å². The predicted molar refractivity (Wildman–Crippen MR) is 130 cm³/mol. The Morgan fingerprint density at radius 3 is 2.68 bits per heavy atom. The highest BCUT2D eigenvalue weighted by Crippen LogP contribution is 2.12. The van der Waals surface area contributed by atoms with Crippen molar-refractivity contribution in [1.82, 2.24) is 24.6 Å². The number of hydrogen-bond acceptors (Lipinski definition) is 7. The summed E-state index contributed by atoms with van der Waals surface area (Å²) in [5.74, 6) is 1.20. The molecule has 0 fully saturated rings. The second kappa shape index (κ2) is 12.3. The zero-order valence-corrected chi connectivity index (χ0v) is 19.8. The third-order valence-corrected chi connectivity index (χ3v) is 5.11. The molecular weight excluding hydrogens is 434 g/mol. The molecule has 2 N–H and O–H groups in total. The Labute approximate surface area is 199 Å². The van der Waals surface area contributed by atoms with E-state index in [4.69, 9.17) is 4.74 Å². The SMILES string of the molecule is CCc1nccnc1NCCC(=O)Nc1cnn(CC(=O)N(C)CCOc2ccc(C)cc2)c1. The molecule has 0 aliphatic heterocycles. The zero-order chi connectivity index (χ0) is 24.3. The van der Waals surface area contributed by atoms with Gasteiger partial charge in [-0.2, -0.15) is 5.10 Å². The standard InChI is InChI=1S/C24H31N7O3/c1-4-21-24(27-12-11-25-21)26-10-9-22(32)29-19-15-28-31(16-19)17-23(33)30(3)13-14-34-20-7-5-18(2)6-8-20/h5-8,11-12,15-16H,4,9-10,13-14,17H2,1-3H3,(H,26,27)(H,29,32). The first-order valence-electron chi connectivity index (χ1n) is 11.2. The van der Waals surface area contributed by atoms with Crippen LogP contribution < -0.4 is 15.4 Å². The Bertz CT molecular complexity index is 1080. The van der Waals surface area contributed by atoms with Gasteiger partial charge in [-0.05, 0) is 25.5 Å². The van der Waals surface area contributed by atoms with E-state index in [1.165, 1.54) is 16.4 Å². The van der Waals surface area contributed by atoms with Crippen LogP contribution in [0.3, 0.4) is 0 Å². The van der Waals surface area contributed by atoms with Gasteiger partial charge in [0.1, 0.15) is 24.7 Å². The van der Waals surface area contributed by atoms with Crippen molar-refractivity contribution in [2.24, 2.45) is 0 Å². The highest BCUT2D eigenvalue weighted by molar-refractivity contribution is 5.90. The first kappa shape index (κ1) is 24.7. The fourth-order valence-electron chi connectivity index (χ4n) is 3.12. The van der Waals surface area contributed by atoms with E-state index in [0.29, 0.717) is 31.2 Å². The monoisotopic (exact) mass is 465 g/mol. The van der Waals surface area contributed by atoms with E-state index < -0.39 is 0 Å². The Kier molecular flexibility index (Phi) is 8.96. The van der Waals surface area contributed by atoms with Crippen molar-refractivity contribution >= 4 is 23.3 Å². The fourth-order valence-corrected chi connectivity index (χ4v) is 3.12. The van der Waals surface area contributed by atoms with Gasteiger partial charge in [0.2, 0.25) is 11.8 Å². The topological polar surface area (TPSA) is 114 Å². The van der Waals surface area contributed by atoms with Crippen molar-refractivity contribution in [2.75, 3.05) is 37.4 Å². The molecule has 10 heteroatoms. The van der Waals surface area contributed by atoms with Crippen LogP contribution in [0.2, 0.25) is 0 Å². The fraction of sp³-hybridized carbons (Fsp3) is 0.375. The molecule has 0 saturated heterocycles. The number of ether oxygens (including phenoxy) is 1. The lowest BCUT2D eigenvalue weighted by molar-refractivity contribution is -0.131. The quantitative estimate of drug-likeness (QED) is 0.422. The van der Waals surface area contributed by atoms with Gasteiger partial charge in [-0.1, -0.05) is 24.6 Å². The number of nitrogens with zero attached hydrogens (tertiary/aromatic N) is 5. The van der Waals surface area contributed by atoms with Gasteiger partial charge in [0.15, 0.2) is 0 Å². The summed E-state index contributed by atoms with van der Waals surface area (Å²) in [5, 5.41) is 10.1. The number of benzene rings is 1. The van der Waals surface area contributed by atoms with Gasteiger partial charge < -0.3 is 20.3 Å². The normalized spacial score (nSPS) is 10.6.